The number of carbonyl (C=O) groups excluding carboxylic acids is 3. The highest BCUT2D eigenvalue weighted by molar-refractivity contribution is 5.98. The summed E-state index contributed by atoms with van der Waals surface area (Å²) in [5.41, 5.74) is 6.23. The number of primary amides is 1. The fourth-order valence-corrected chi connectivity index (χ4v) is 1.84. The Morgan fingerprint density at radius 3 is 2.41 bits per heavy atom. The molecule has 0 fully saturated rings. The van der Waals surface area contributed by atoms with E-state index < -0.39 is 17.9 Å². The molecule has 0 aliphatic carbocycles. The molecule has 0 aliphatic rings. The summed E-state index contributed by atoms with van der Waals surface area (Å²) in [5.74, 6) is 1.27. The van der Waals surface area contributed by atoms with E-state index in [1.807, 2.05) is 0 Å². The van der Waals surface area contributed by atoms with Crippen LogP contribution < -0.4 is 16.4 Å². The van der Waals surface area contributed by atoms with E-state index in [0.717, 1.165) is 0 Å². The Morgan fingerprint density at radius 1 is 1.27 bits per heavy atom. The highest BCUT2D eigenvalue weighted by atomic mass is 16.2. The lowest BCUT2D eigenvalue weighted by molar-refractivity contribution is -0.120. The first kappa shape index (κ1) is 17.2. The lowest BCUT2D eigenvalue weighted by atomic mass is 10.1. The maximum atomic E-state index is 12.1. The molecule has 0 aliphatic heterocycles. The van der Waals surface area contributed by atoms with Gasteiger partial charge in [0.15, 0.2) is 0 Å². The third-order valence-corrected chi connectivity index (χ3v) is 2.93. The van der Waals surface area contributed by atoms with Gasteiger partial charge in [-0.05, 0) is 37.1 Å². The number of nitrogens with two attached hydrogens (primary N) is 1. The van der Waals surface area contributed by atoms with Gasteiger partial charge in [0.25, 0.3) is 5.91 Å². The first-order valence-corrected chi connectivity index (χ1v) is 6.85. The molecule has 6 heteroatoms. The number of nitrogens with one attached hydrogen (secondary N) is 2. The number of hydrogen-bond donors (Lipinski definition) is 3. The molecule has 0 bridgehead atoms. The topological polar surface area (TPSA) is 101 Å². The van der Waals surface area contributed by atoms with Gasteiger partial charge >= 0.3 is 0 Å². The van der Waals surface area contributed by atoms with Crippen LogP contribution in [0.2, 0.25) is 0 Å². The molecule has 22 heavy (non-hydrogen) atoms. The first-order valence-electron chi connectivity index (χ1n) is 6.85. The van der Waals surface area contributed by atoms with E-state index in [9.17, 15) is 14.4 Å². The van der Waals surface area contributed by atoms with E-state index >= 15 is 0 Å². The van der Waals surface area contributed by atoms with Gasteiger partial charge < -0.3 is 16.4 Å². The van der Waals surface area contributed by atoms with Crippen molar-refractivity contribution in [3.63, 3.8) is 0 Å². The highest BCUT2D eigenvalue weighted by Gasteiger charge is 2.18. The molecule has 0 spiro atoms. The van der Waals surface area contributed by atoms with Gasteiger partial charge in [0.1, 0.15) is 6.04 Å². The standard InChI is InChI=1S/C16H19N3O3/c1-3-4-5-6-14(15(17)21)19-16(22)12-7-9-13(10-8-12)18-11(2)20/h1,7-10,14H,4-6H2,2H3,(H2,17,21)(H,18,20)(H,19,22)/t14-/m0/s1. The van der Waals surface area contributed by atoms with Crippen LogP contribution in [0.1, 0.15) is 36.5 Å². The summed E-state index contributed by atoms with van der Waals surface area (Å²) in [6, 6.07) is 5.57. The SMILES string of the molecule is C#CCCC[C@H](NC(=O)c1ccc(NC(C)=O)cc1)C(N)=O. The third-order valence-electron chi connectivity index (χ3n) is 2.93. The van der Waals surface area contributed by atoms with Crippen molar-refractivity contribution in [1.82, 2.24) is 5.32 Å². The largest absolute Gasteiger partial charge is 0.368 e. The quantitative estimate of drug-likeness (QED) is 0.518. The lowest BCUT2D eigenvalue weighted by Crippen LogP contribution is -2.44. The smallest absolute Gasteiger partial charge is 0.251 e. The summed E-state index contributed by atoms with van der Waals surface area (Å²) in [7, 11) is 0. The molecular formula is C16H19N3O3. The van der Waals surface area contributed by atoms with Crippen LogP contribution in [-0.4, -0.2) is 23.8 Å². The molecule has 4 N–H and O–H groups in total. The molecule has 0 heterocycles. The zero-order chi connectivity index (χ0) is 16.5. The summed E-state index contributed by atoms with van der Waals surface area (Å²) < 4.78 is 0. The number of anilines is 1. The van der Waals surface area contributed by atoms with Crippen molar-refractivity contribution in [2.45, 2.75) is 32.2 Å². The molecule has 1 rings (SSSR count). The Bertz CT molecular complexity index is 588. The van der Waals surface area contributed by atoms with Gasteiger partial charge in [-0.25, -0.2) is 0 Å². The van der Waals surface area contributed by atoms with E-state index in [-0.39, 0.29) is 5.91 Å². The molecule has 0 saturated carbocycles. The molecule has 0 aromatic heterocycles. The van der Waals surface area contributed by atoms with Crippen LogP contribution in [0.15, 0.2) is 24.3 Å². The Kier molecular flexibility index (Phi) is 6.64. The molecular weight excluding hydrogens is 282 g/mol. The van der Waals surface area contributed by atoms with Gasteiger partial charge in [-0.2, -0.15) is 0 Å². The Balaban J connectivity index is 2.67. The van der Waals surface area contributed by atoms with Crippen molar-refractivity contribution in [1.29, 1.82) is 0 Å². The van der Waals surface area contributed by atoms with Crippen molar-refractivity contribution in [2.24, 2.45) is 5.73 Å². The first-order chi connectivity index (χ1) is 10.4. The molecule has 6 nitrogen and oxygen atoms in total. The summed E-state index contributed by atoms with van der Waals surface area (Å²) >= 11 is 0. The van der Waals surface area contributed by atoms with E-state index in [1.165, 1.54) is 6.92 Å². The summed E-state index contributed by atoms with van der Waals surface area (Å²) in [4.78, 5) is 34.3. The number of rotatable bonds is 7. The lowest BCUT2D eigenvalue weighted by Gasteiger charge is -2.15. The molecule has 0 unspecified atom stereocenters. The molecule has 0 saturated heterocycles. The van der Waals surface area contributed by atoms with Crippen molar-refractivity contribution in [2.75, 3.05) is 5.32 Å². The zero-order valence-electron chi connectivity index (χ0n) is 12.4. The average Bonchev–Trinajstić information content (AvgIpc) is 2.46. The number of hydrogen-bond acceptors (Lipinski definition) is 3. The predicted molar refractivity (Wildman–Crippen MR) is 83.9 cm³/mol. The van der Waals surface area contributed by atoms with Gasteiger partial charge in [-0.3, -0.25) is 14.4 Å². The third kappa shape index (κ3) is 5.67. The van der Waals surface area contributed by atoms with Gasteiger partial charge in [0.05, 0.1) is 0 Å². The predicted octanol–water partition coefficient (Wildman–Crippen LogP) is 1.03. The van der Waals surface area contributed by atoms with Crippen molar-refractivity contribution in [3.05, 3.63) is 29.8 Å². The van der Waals surface area contributed by atoms with Crippen molar-refractivity contribution >= 4 is 23.4 Å². The summed E-state index contributed by atoms with van der Waals surface area (Å²) in [5, 5.41) is 5.18. The fraction of sp³-hybridized carbons (Fsp3) is 0.312. The molecule has 1 atom stereocenters. The van der Waals surface area contributed by atoms with Crippen LogP contribution in [0.4, 0.5) is 5.69 Å². The molecule has 3 amide bonds. The second kappa shape index (κ2) is 8.47. The molecule has 0 radical (unpaired) electrons. The van der Waals surface area contributed by atoms with Crippen LogP contribution in [0.5, 0.6) is 0 Å². The van der Waals surface area contributed by atoms with Crippen LogP contribution >= 0.6 is 0 Å². The second-order valence-electron chi connectivity index (χ2n) is 4.78. The number of amides is 3. The zero-order valence-corrected chi connectivity index (χ0v) is 12.4. The van der Waals surface area contributed by atoms with Crippen molar-refractivity contribution in [3.8, 4) is 12.3 Å². The van der Waals surface area contributed by atoms with E-state index in [2.05, 4.69) is 16.6 Å². The van der Waals surface area contributed by atoms with Gasteiger partial charge in [-0.1, -0.05) is 0 Å². The van der Waals surface area contributed by atoms with E-state index in [4.69, 9.17) is 12.2 Å². The van der Waals surface area contributed by atoms with Crippen LogP contribution in [0, 0.1) is 12.3 Å². The molecule has 116 valence electrons. The maximum Gasteiger partial charge on any atom is 0.251 e. The Hall–Kier alpha value is -2.81. The summed E-state index contributed by atoms with van der Waals surface area (Å²) in [6.07, 6.45) is 6.67. The second-order valence-corrected chi connectivity index (χ2v) is 4.78. The van der Waals surface area contributed by atoms with Crippen LogP contribution in [0.3, 0.4) is 0 Å². The van der Waals surface area contributed by atoms with Crippen LogP contribution in [0.25, 0.3) is 0 Å². The van der Waals surface area contributed by atoms with E-state index in [0.29, 0.717) is 30.5 Å². The number of carbonyl (C=O) groups is 3. The maximum absolute atomic E-state index is 12.1. The van der Waals surface area contributed by atoms with Gasteiger partial charge in [0.2, 0.25) is 11.8 Å². The van der Waals surface area contributed by atoms with Crippen molar-refractivity contribution < 1.29 is 14.4 Å². The fourth-order valence-electron chi connectivity index (χ4n) is 1.84. The van der Waals surface area contributed by atoms with E-state index in [1.54, 1.807) is 24.3 Å². The molecule has 1 aromatic rings. The monoisotopic (exact) mass is 301 g/mol. The minimum atomic E-state index is -0.754. The normalized spacial score (nSPS) is 11.1. The average molecular weight is 301 g/mol. The van der Waals surface area contributed by atoms with Gasteiger partial charge in [-0.15, -0.1) is 12.3 Å². The molecule has 1 aromatic carbocycles. The number of benzene rings is 1. The number of unbranched alkanes of at least 4 members (excludes halogenated alkanes) is 1. The summed E-state index contributed by atoms with van der Waals surface area (Å²) in [6.45, 7) is 1.40. The van der Waals surface area contributed by atoms with Crippen LogP contribution in [-0.2, 0) is 9.59 Å². The Morgan fingerprint density at radius 2 is 1.91 bits per heavy atom. The highest BCUT2D eigenvalue weighted by Crippen LogP contribution is 2.10. The number of terminal acetylenes is 1. The van der Waals surface area contributed by atoms with Gasteiger partial charge in [0, 0.05) is 24.6 Å². The minimum absolute atomic E-state index is 0.195. The Labute approximate surface area is 129 Å². The minimum Gasteiger partial charge on any atom is -0.368 e.